The van der Waals surface area contributed by atoms with E-state index in [1.165, 1.54) is 44.0 Å². The maximum atomic E-state index is 11.2. The van der Waals surface area contributed by atoms with Crippen LogP contribution in [0.15, 0.2) is 24.3 Å². The summed E-state index contributed by atoms with van der Waals surface area (Å²) < 4.78 is 2.04. The summed E-state index contributed by atoms with van der Waals surface area (Å²) in [6.07, 6.45) is 4.99. The number of nitrogens with zero attached hydrogens (tertiary/aromatic N) is 2. The van der Waals surface area contributed by atoms with E-state index in [0.717, 1.165) is 5.69 Å². The third-order valence-corrected chi connectivity index (χ3v) is 4.57. The van der Waals surface area contributed by atoms with E-state index in [2.05, 4.69) is 11.4 Å². The average Bonchev–Trinajstić information content (AvgIpc) is 3.39. The quantitative estimate of drug-likeness (QED) is 0.917. The first-order valence-corrected chi connectivity index (χ1v) is 8.17. The topological polar surface area (TPSA) is 46.9 Å². The maximum absolute atomic E-state index is 11.2. The molecule has 0 aliphatic heterocycles. The van der Waals surface area contributed by atoms with Gasteiger partial charge in [-0.25, -0.2) is 4.68 Å². The molecule has 0 radical (unpaired) electrons. The summed E-state index contributed by atoms with van der Waals surface area (Å²) in [6.45, 7) is 1.48. The number of amides is 1. The molecular formula is C17H18ClN3O. The molecule has 2 fully saturated rings. The van der Waals surface area contributed by atoms with Crippen LogP contribution in [0.4, 0.5) is 5.69 Å². The van der Waals surface area contributed by atoms with Gasteiger partial charge in [0.1, 0.15) is 0 Å². The smallest absolute Gasteiger partial charge is 0.221 e. The molecule has 4 nitrogen and oxygen atoms in total. The van der Waals surface area contributed by atoms with E-state index in [9.17, 15) is 4.79 Å². The second-order valence-electron chi connectivity index (χ2n) is 6.30. The molecule has 1 N–H and O–H groups in total. The van der Waals surface area contributed by atoms with Gasteiger partial charge in [0.25, 0.3) is 0 Å². The molecule has 1 amide bonds. The Morgan fingerprint density at radius 3 is 2.55 bits per heavy atom. The Labute approximate surface area is 134 Å². The minimum absolute atomic E-state index is 0.122. The average molecular weight is 316 g/mol. The highest BCUT2D eigenvalue weighted by atomic mass is 35.5. The van der Waals surface area contributed by atoms with Crippen LogP contribution in [0.5, 0.6) is 0 Å². The number of halogens is 1. The lowest BCUT2D eigenvalue weighted by atomic mass is 10.2. The van der Waals surface area contributed by atoms with E-state index < -0.39 is 0 Å². The summed E-state index contributed by atoms with van der Waals surface area (Å²) in [4.78, 5) is 11.2. The van der Waals surface area contributed by atoms with Crippen molar-refractivity contribution in [3.05, 3.63) is 40.7 Å². The number of hydrogen-bond acceptors (Lipinski definition) is 2. The molecule has 2 aliphatic carbocycles. The molecule has 5 heteroatoms. The molecule has 0 unspecified atom stereocenters. The van der Waals surface area contributed by atoms with Crippen LogP contribution in [0.1, 0.15) is 55.8 Å². The zero-order valence-corrected chi connectivity index (χ0v) is 13.2. The van der Waals surface area contributed by atoms with Crippen molar-refractivity contribution in [3.63, 3.8) is 0 Å². The van der Waals surface area contributed by atoms with Crippen molar-refractivity contribution in [2.75, 3.05) is 5.32 Å². The first-order valence-electron chi connectivity index (χ1n) is 7.79. The Hall–Kier alpha value is -1.81. The van der Waals surface area contributed by atoms with E-state index in [-0.39, 0.29) is 5.91 Å². The maximum Gasteiger partial charge on any atom is 0.221 e. The van der Waals surface area contributed by atoms with Gasteiger partial charge in [-0.2, -0.15) is 5.10 Å². The van der Waals surface area contributed by atoms with E-state index in [4.69, 9.17) is 16.7 Å². The van der Waals surface area contributed by atoms with Crippen LogP contribution in [-0.2, 0) is 4.79 Å². The molecule has 0 bridgehead atoms. The predicted molar refractivity (Wildman–Crippen MR) is 86.8 cm³/mol. The molecule has 1 aromatic heterocycles. The van der Waals surface area contributed by atoms with Gasteiger partial charge in [0.2, 0.25) is 5.91 Å². The van der Waals surface area contributed by atoms with Crippen LogP contribution >= 0.6 is 11.6 Å². The standard InChI is InChI=1S/C17H18ClN3O/c1-10(22)19-15-7-6-13(8-14(15)18)21-17(12-4-5-12)9-16(20-21)11-2-3-11/h6-9,11-12H,2-5H2,1H3,(H,19,22). The highest BCUT2D eigenvalue weighted by Crippen LogP contribution is 2.45. The number of nitrogens with one attached hydrogen (secondary N) is 1. The van der Waals surface area contributed by atoms with Crippen LogP contribution in [-0.4, -0.2) is 15.7 Å². The molecular weight excluding hydrogens is 298 g/mol. The van der Waals surface area contributed by atoms with Crippen LogP contribution in [0, 0.1) is 0 Å². The van der Waals surface area contributed by atoms with E-state index in [1.54, 1.807) is 0 Å². The normalized spacial score (nSPS) is 17.5. The minimum Gasteiger partial charge on any atom is -0.325 e. The Balaban J connectivity index is 1.71. The summed E-state index contributed by atoms with van der Waals surface area (Å²) in [5, 5.41) is 8.08. The second kappa shape index (κ2) is 5.13. The number of hydrogen-bond donors (Lipinski definition) is 1. The van der Waals surface area contributed by atoms with Gasteiger partial charge in [0.15, 0.2) is 0 Å². The fourth-order valence-corrected chi connectivity index (χ4v) is 3.02. The second-order valence-corrected chi connectivity index (χ2v) is 6.71. The molecule has 1 heterocycles. The van der Waals surface area contributed by atoms with Crippen molar-refractivity contribution in [1.29, 1.82) is 0 Å². The van der Waals surface area contributed by atoms with Crippen molar-refractivity contribution in [2.24, 2.45) is 0 Å². The molecule has 114 valence electrons. The van der Waals surface area contributed by atoms with Crippen LogP contribution in [0.2, 0.25) is 5.02 Å². The van der Waals surface area contributed by atoms with Gasteiger partial charge >= 0.3 is 0 Å². The molecule has 1 aromatic carbocycles. The van der Waals surface area contributed by atoms with Crippen molar-refractivity contribution in [3.8, 4) is 5.69 Å². The Morgan fingerprint density at radius 1 is 1.23 bits per heavy atom. The number of carbonyl (C=O) groups is 1. The first kappa shape index (κ1) is 13.8. The molecule has 2 aliphatic rings. The zero-order valence-electron chi connectivity index (χ0n) is 12.5. The van der Waals surface area contributed by atoms with Gasteiger partial charge in [-0.15, -0.1) is 0 Å². The Bertz CT molecular complexity index is 744. The van der Waals surface area contributed by atoms with E-state index in [1.807, 2.05) is 22.9 Å². The van der Waals surface area contributed by atoms with Gasteiger partial charge in [0.05, 0.1) is 22.1 Å². The summed E-state index contributed by atoms with van der Waals surface area (Å²) >= 11 is 6.30. The van der Waals surface area contributed by atoms with Crippen molar-refractivity contribution < 1.29 is 4.79 Å². The van der Waals surface area contributed by atoms with Crippen molar-refractivity contribution >= 4 is 23.2 Å². The van der Waals surface area contributed by atoms with Crippen LogP contribution < -0.4 is 5.32 Å². The fourth-order valence-electron chi connectivity index (χ4n) is 2.80. The molecule has 2 aromatic rings. The summed E-state index contributed by atoms with van der Waals surface area (Å²) in [5.74, 6) is 1.16. The summed E-state index contributed by atoms with van der Waals surface area (Å²) in [5.41, 5.74) is 4.11. The van der Waals surface area contributed by atoms with Gasteiger partial charge in [-0.3, -0.25) is 4.79 Å². The van der Waals surface area contributed by atoms with Gasteiger partial charge in [0, 0.05) is 24.5 Å². The van der Waals surface area contributed by atoms with Gasteiger partial charge in [-0.1, -0.05) is 11.6 Å². The van der Waals surface area contributed by atoms with Crippen LogP contribution in [0.3, 0.4) is 0 Å². The first-order chi connectivity index (χ1) is 10.6. The molecule has 4 rings (SSSR count). The van der Waals surface area contributed by atoms with E-state index >= 15 is 0 Å². The highest BCUT2D eigenvalue weighted by Gasteiger charge is 2.33. The SMILES string of the molecule is CC(=O)Nc1ccc(-n2nc(C3CC3)cc2C2CC2)cc1Cl. The van der Waals surface area contributed by atoms with Crippen LogP contribution in [0.25, 0.3) is 5.69 Å². The number of rotatable bonds is 4. The highest BCUT2D eigenvalue weighted by molar-refractivity contribution is 6.33. The fraction of sp³-hybridized carbons (Fsp3) is 0.412. The molecule has 0 atom stereocenters. The lowest BCUT2D eigenvalue weighted by molar-refractivity contribution is -0.114. The van der Waals surface area contributed by atoms with E-state index in [0.29, 0.717) is 22.5 Å². The summed E-state index contributed by atoms with van der Waals surface area (Å²) in [7, 11) is 0. The largest absolute Gasteiger partial charge is 0.325 e. The number of anilines is 1. The number of benzene rings is 1. The zero-order chi connectivity index (χ0) is 15.3. The Morgan fingerprint density at radius 2 is 1.95 bits per heavy atom. The summed E-state index contributed by atoms with van der Waals surface area (Å²) in [6, 6.07) is 7.95. The number of carbonyl (C=O) groups excluding carboxylic acids is 1. The van der Waals surface area contributed by atoms with Crippen molar-refractivity contribution in [1.82, 2.24) is 9.78 Å². The number of aromatic nitrogens is 2. The van der Waals surface area contributed by atoms with Gasteiger partial charge in [-0.05, 0) is 49.9 Å². The lowest BCUT2D eigenvalue weighted by Crippen LogP contribution is -2.07. The molecule has 0 spiro atoms. The van der Waals surface area contributed by atoms with Crippen molar-refractivity contribution in [2.45, 2.75) is 44.4 Å². The lowest BCUT2D eigenvalue weighted by Gasteiger charge is -2.10. The predicted octanol–water partition coefficient (Wildman–Crippen LogP) is 4.24. The third kappa shape index (κ3) is 2.63. The molecule has 0 saturated heterocycles. The minimum atomic E-state index is -0.122. The third-order valence-electron chi connectivity index (χ3n) is 4.25. The molecule has 22 heavy (non-hydrogen) atoms. The van der Waals surface area contributed by atoms with Gasteiger partial charge < -0.3 is 5.32 Å². The molecule has 2 saturated carbocycles. The Kier molecular flexibility index (Phi) is 3.22. The monoisotopic (exact) mass is 315 g/mol.